The minimum Gasteiger partial charge on any atom is -0.465 e. The van der Waals surface area contributed by atoms with Gasteiger partial charge in [0.15, 0.2) is 0 Å². The highest BCUT2D eigenvalue weighted by Gasteiger charge is 2.41. The summed E-state index contributed by atoms with van der Waals surface area (Å²) in [7, 11) is 0. The normalized spacial score (nSPS) is 17.1. The summed E-state index contributed by atoms with van der Waals surface area (Å²) in [6.07, 6.45) is -1.42. The molecule has 5 nitrogen and oxygen atoms in total. The Bertz CT molecular complexity index is 571. The molecule has 0 atom stereocenters. The van der Waals surface area contributed by atoms with Crippen molar-refractivity contribution >= 4 is 12.0 Å². The fraction of sp³-hybridized carbons (Fsp3) is 0.385. The Hall–Kier alpha value is -2.18. The smallest absolute Gasteiger partial charge is 0.414 e. The number of nitrogens with zero attached hydrogens (tertiary/aromatic N) is 1. The van der Waals surface area contributed by atoms with Gasteiger partial charge in [-0.1, -0.05) is 26.0 Å². The SMILES string of the molecule is CC1(C)CN(C(=O)O)C(=O)c2c(OC(F)F)cccc21. The molecule has 1 N–H and O–H groups in total. The van der Waals surface area contributed by atoms with Crippen LogP contribution in [0.15, 0.2) is 18.2 Å². The third-order valence-corrected chi connectivity index (χ3v) is 3.21. The lowest BCUT2D eigenvalue weighted by Gasteiger charge is -2.37. The number of hydrogen-bond donors (Lipinski definition) is 1. The van der Waals surface area contributed by atoms with Crippen molar-refractivity contribution in [1.82, 2.24) is 4.90 Å². The molecule has 1 aromatic rings. The zero-order chi connectivity index (χ0) is 15.1. The molecule has 0 aliphatic carbocycles. The van der Waals surface area contributed by atoms with E-state index in [4.69, 9.17) is 5.11 Å². The van der Waals surface area contributed by atoms with Gasteiger partial charge in [-0.25, -0.2) is 9.69 Å². The Morgan fingerprint density at radius 2 is 2.10 bits per heavy atom. The Balaban J connectivity index is 2.61. The average molecular weight is 285 g/mol. The number of carbonyl (C=O) groups excluding carboxylic acids is 1. The molecule has 0 fully saturated rings. The van der Waals surface area contributed by atoms with Gasteiger partial charge >= 0.3 is 12.7 Å². The molecule has 0 aromatic heterocycles. The number of rotatable bonds is 2. The van der Waals surface area contributed by atoms with Gasteiger partial charge in [-0.05, 0) is 11.6 Å². The molecule has 2 amide bonds. The van der Waals surface area contributed by atoms with E-state index in [0.717, 1.165) is 0 Å². The van der Waals surface area contributed by atoms with E-state index >= 15 is 0 Å². The van der Waals surface area contributed by atoms with Crippen LogP contribution in [0.4, 0.5) is 13.6 Å². The van der Waals surface area contributed by atoms with Crippen molar-refractivity contribution in [1.29, 1.82) is 0 Å². The van der Waals surface area contributed by atoms with Crippen molar-refractivity contribution in [2.24, 2.45) is 0 Å². The van der Waals surface area contributed by atoms with E-state index in [1.165, 1.54) is 12.1 Å². The van der Waals surface area contributed by atoms with Crippen LogP contribution in [0, 0.1) is 0 Å². The van der Waals surface area contributed by atoms with E-state index in [0.29, 0.717) is 10.5 Å². The van der Waals surface area contributed by atoms with Gasteiger partial charge in [0.2, 0.25) is 0 Å². The minimum atomic E-state index is -3.09. The molecule has 2 rings (SSSR count). The van der Waals surface area contributed by atoms with E-state index in [9.17, 15) is 18.4 Å². The van der Waals surface area contributed by atoms with Crippen LogP contribution < -0.4 is 4.74 Å². The highest BCUT2D eigenvalue weighted by Crippen LogP contribution is 2.38. The summed E-state index contributed by atoms with van der Waals surface area (Å²) < 4.78 is 29.1. The van der Waals surface area contributed by atoms with E-state index in [2.05, 4.69) is 4.74 Å². The Morgan fingerprint density at radius 1 is 1.45 bits per heavy atom. The van der Waals surface area contributed by atoms with E-state index in [1.807, 2.05) is 0 Å². The number of amides is 2. The van der Waals surface area contributed by atoms with Crippen LogP contribution in [0.25, 0.3) is 0 Å². The number of fused-ring (bicyclic) bond motifs is 1. The number of carbonyl (C=O) groups is 2. The molecule has 1 aliphatic rings. The number of alkyl halides is 2. The molecule has 7 heteroatoms. The lowest BCUT2D eigenvalue weighted by molar-refractivity contribution is -0.0504. The summed E-state index contributed by atoms with van der Waals surface area (Å²) in [6.45, 7) is 0.352. The minimum absolute atomic E-state index is 0.0354. The summed E-state index contributed by atoms with van der Waals surface area (Å²) in [5, 5.41) is 9.06. The van der Waals surface area contributed by atoms with Gasteiger partial charge in [-0.2, -0.15) is 8.78 Å². The zero-order valence-electron chi connectivity index (χ0n) is 10.9. The highest BCUT2D eigenvalue weighted by atomic mass is 19.3. The molecule has 0 saturated carbocycles. The summed E-state index contributed by atoms with van der Waals surface area (Å²) in [4.78, 5) is 23.9. The molecule has 0 saturated heterocycles. The summed E-state index contributed by atoms with van der Waals surface area (Å²) in [6, 6.07) is 4.34. The van der Waals surface area contributed by atoms with Crippen LogP contribution in [0.5, 0.6) is 5.75 Å². The van der Waals surface area contributed by atoms with Gasteiger partial charge in [0.25, 0.3) is 5.91 Å². The van der Waals surface area contributed by atoms with Crippen LogP contribution >= 0.6 is 0 Å². The first-order chi connectivity index (χ1) is 9.24. The van der Waals surface area contributed by atoms with E-state index in [1.54, 1.807) is 19.9 Å². The average Bonchev–Trinajstić information content (AvgIpc) is 2.33. The Morgan fingerprint density at radius 3 is 2.65 bits per heavy atom. The molecule has 20 heavy (non-hydrogen) atoms. The number of hydrogen-bond acceptors (Lipinski definition) is 3. The van der Waals surface area contributed by atoms with Crippen molar-refractivity contribution in [2.75, 3.05) is 6.54 Å². The molecular weight excluding hydrogens is 272 g/mol. The third-order valence-electron chi connectivity index (χ3n) is 3.21. The first-order valence-electron chi connectivity index (χ1n) is 5.87. The largest absolute Gasteiger partial charge is 0.465 e. The predicted molar refractivity (Wildman–Crippen MR) is 65.2 cm³/mol. The molecular formula is C13H13F2NO4. The fourth-order valence-electron chi connectivity index (χ4n) is 2.35. The second kappa shape index (κ2) is 4.73. The number of carboxylic acid groups (broad SMARTS) is 1. The van der Waals surface area contributed by atoms with Gasteiger partial charge in [0.1, 0.15) is 5.75 Å². The Kier molecular flexibility index (Phi) is 3.37. The zero-order valence-corrected chi connectivity index (χ0v) is 10.9. The van der Waals surface area contributed by atoms with Gasteiger partial charge in [0.05, 0.1) is 5.56 Å². The molecule has 1 heterocycles. The van der Waals surface area contributed by atoms with Crippen molar-refractivity contribution in [3.05, 3.63) is 29.3 Å². The quantitative estimate of drug-likeness (QED) is 0.907. The highest BCUT2D eigenvalue weighted by molar-refractivity contribution is 6.06. The van der Waals surface area contributed by atoms with E-state index < -0.39 is 24.0 Å². The Labute approximate surface area is 113 Å². The van der Waals surface area contributed by atoms with Crippen LogP contribution in [0.3, 0.4) is 0 Å². The first-order valence-corrected chi connectivity index (χ1v) is 5.87. The molecule has 1 aliphatic heterocycles. The van der Waals surface area contributed by atoms with Gasteiger partial charge < -0.3 is 9.84 Å². The van der Waals surface area contributed by atoms with Crippen molar-refractivity contribution in [3.63, 3.8) is 0 Å². The molecule has 0 spiro atoms. The monoisotopic (exact) mass is 285 g/mol. The standard InChI is InChI=1S/C13H13F2NO4/c1-13(2)6-16(12(18)19)10(17)9-7(13)4-3-5-8(9)20-11(14)15/h3-5,11H,6H2,1-2H3,(H,18,19). The number of ether oxygens (including phenoxy) is 1. The fourth-order valence-corrected chi connectivity index (χ4v) is 2.35. The maximum Gasteiger partial charge on any atom is 0.414 e. The number of halogens is 2. The topological polar surface area (TPSA) is 66.8 Å². The summed E-state index contributed by atoms with van der Waals surface area (Å²) in [5.74, 6) is -1.15. The maximum absolute atomic E-state index is 12.4. The third kappa shape index (κ3) is 2.31. The lowest BCUT2D eigenvalue weighted by atomic mass is 9.78. The maximum atomic E-state index is 12.4. The first kappa shape index (κ1) is 14.2. The number of imide groups is 1. The van der Waals surface area contributed by atoms with Crippen molar-refractivity contribution in [2.45, 2.75) is 25.9 Å². The van der Waals surface area contributed by atoms with Crippen LogP contribution in [-0.4, -0.2) is 35.2 Å². The molecule has 0 unspecified atom stereocenters. The summed E-state index contributed by atoms with van der Waals surface area (Å²) in [5.41, 5.74) is -0.298. The molecule has 0 bridgehead atoms. The predicted octanol–water partition coefficient (Wildman–Crippen LogP) is 2.70. The van der Waals surface area contributed by atoms with Gasteiger partial charge in [-0.15, -0.1) is 0 Å². The van der Waals surface area contributed by atoms with Crippen molar-refractivity contribution in [3.8, 4) is 5.75 Å². The van der Waals surface area contributed by atoms with Gasteiger partial charge in [-0.3, -0.25) is 4.79 Å². The van der Waals surface area contributed by atoms with Crippen LogP contribution in [-0.2, 0) is 5.41 Å². The number of benzene rings is 1. The van der Waals surface area contributed by atoms with Crippen molar-refractivity contribution < 1.29 is 28.2 Å². The van der Waals surface area contributed by atoms with Crippen LogP contribution in [0.2, 0.25) is 0 Å². The lowest BCUT2D eigenvalue weighted by Crippen LogP contribution is -2.49. The van der Waals surface area contributed by atoms with Gasteiger partial charge in [0, 0.05) is 12.0 Å². The second-order valence-electron chi connectivity index (χ2n) is 5.11. The second-order valence-corrected chi connectivity index (χ2v) is 5.11. The molecule has 0 radical (unpaired) electrons. The molecule has 1 aromatic carbocycles. The van der Waals surface area contributed by atoms with Crippen LogP contribution in [0.1, 0.15) is 29.8 Å². The molecule has 108 valence electrons. The summed E-state index contributed by atoms with van der Waals surface area (Å²) >= 11 is 0. The van der Waals surface area contributed by atoms with E-state index in [-0.39, 0.29) is 17.9 Å².